The van der Waals surface area contributed by atoms with Crippen molar-refractivity contribution in [2.24, 2.45) is 0 Å². The molecule has 0 radical (unpaired) electrons. The first-order valence-corrected chi connectivity index (χ1v) is 6.20. The lowest BCUT2D eigenvalue weighted by molar-refractivity contribution is -0.118. The Morgan fingerprint density at radius 1 is 1.47 bits per heavy atom. The second-order valence-electron chi connectivity index (χ2n) is 4.64. The van der Waals surface area contributed by atoms with Crippen LogP contribution in [0.25, 0.3) is 0 Å². The van der Waals surface area contributed by atoms with Crippen LogP contribution < -0.4 is 10.6 Å². The number of anilines is 1. The van der Waals surface area contributed by atoms with Crippen LogP contribution in [0, 0.1) is 6.92 Å². The van der Waals surface area contributed by atoms with Crippen molar-refractivity contribution in [2.75, 3.05) is 5.32 Å². The summed E-state index contributed by atoms with van der Waals surface area (Å²) in [5.41, 5.74) is 3.67. The number of H-pyrrole nitrogens is 1. The third-order valence-electron chi connectivity index (χ3n) is 3.21. The minimum Gasteiger partial charge on any atom is -0.347 e. The first-order chi connectivity index (χ1) is 9.22. The molecule has 0 aromatic carbocycles. The monoisotopic (exact) mass is 257 g/mol. The number of hydrogen-bond donors (Lipinski definition) is 3. The molecule has 1 atom stereocenters. The number of nitrogens with one attached hydrogen (secondary N) is 3. The Morgan fingerprint density at radius 2 is 2.37 bits per heavy atom. The average Bonchev–Trinajstić information content (AvgIpc) is 2.85. The maximum absolute atomic E-state index is 12.2. The van der Waals surface area contributed by atoms with Crippen LogP contribution in [0.15, 0.2) is 24.7 Å². The highest BCUT2D eigenvalue weighted by Crippen LogP contribution is 2.14. The van der Waals surface area contributed by atoms with Crippen molar-refractivity contribution in [2.45, 2.75) is 25.9 Å². The number of pyridine rings is 1. The quantitative estimate of drug-likeness (QED) is 0.742. The summed E-state index contributed by atoms with van der Waals surface area (Å²) in [5, 5.41) is 6.09. The molecule has 0 saturated heterocycles. The molecule has 1 aliphatic heterocycles. The molecular weight excluding hydrogens is 242 g/mol. The fourth-order valence-electron chi connectivity index (χ4n) is 2.21. The summed E-state index contributed by atoms with van der Waals surface area (Å²) in [6.07, 6.45) is 3.96. The summed E-state index contributed by atoms with van der Waals surface area (Å²) in [6, 6.07) is 3.39. The van der Waals surface area contributed by atoms with Crippen molar-refractivity contribution in [3.8, 4) is 0 Å². The number of rotatable bonds is 2. The average molecular weight is 257 g/mol. The fourth-order valence-corrected chi connectivity index (χ4v) is 2.21. The molecule has 3 rings (SSSR count). The summed E-state index contributed by atoms with van der Waals surface area (Å²) in [7, 11) is 0. The zero-order valence-electron chi connectivity index (χ0n) is 10.6. The Kier molecular flexibility index (Phi) is 3.00. The maximum Gasteiger partial charge on any atom is 0.241 e. The molecular formula is C13H15N5O. The summed E-state index contributed by atoms with van der Waals surface area (Å²) in [4.78, 5) is 23.6. The minimum absolute atomic E-state index is 0.0424. The highest BCUT2D eigenvalue weighted by Gasteiger charge is 2.25. The van der Waals surface area contributed by atoms with Crippen molar-refractivity contribution in [3.63, 3.8) is 0 Å². The van der Waals surface area contributed by atoms with Crippen LogP contribution in [-0.2, 0) is 17.8 Å². The Balaban J connectivity index is 1.69. The van der Waals surface area contributed by atoms with E-state index in [2.05, 4.69) is 25.6 Å². The maximum atomic E-state index is 12.2. The van der Waals surface area contributed by atoms with Crippen LogP contribution in [-0.4, -0.2) is 26.9 Å². The van der Waals surface area contributed by atoms with E-state index in [1.165, 1.54) is 0 Å². The van der Waals surface area contributed by atoms with E-state index in [-0.39, 0.29) is 11.9 Å². The smallest absolute Gasteiger partial charge is 0.241 e. The van der Waals surface area contributed by atoms with E-state index >= 15 is 0 Å². The minimum atomic E-state index is -0.246. The van der Waals surface area contributed by atoms with Crippen molar-refractivity contribution >= 4 is 11.6 Å². The summed E-state index contributed by atoms with van der Waals surface area (Å²) in [5.74, 6) is -0.0424. The number of amides is 1. The molecule has 3 N–H and O–H groups in total. The van der Waals surface area contributed by atoms with Gasteiger partial charge in [-0.3, -0.25) is 15.1 Å². The Morgan fingerprint density at radius 3 is 3.21 bits per heavy atom. The van der Waals surface area contributed by atoms with E-state index in [0.29, 0.717) is 13.0 Å². The van der Waals surface area contributed by atoms with Crippen LogP contribution in [0.4, 0.5) is 5.69 Å². The molecule has 1 aliphatic rings. The molecule has 0 fully saturated rings. The van der Waals surface area contributed by atoms with Gasteiger partial charge in [0.15, 0.2) is 0 Å². The molecule has 3 heterocycles. The number of carbonyl (C=O) groups excluding carboxylic acids is 1. The van der Waals surface area contributed by atoms with Crippen LogP contribution in [0.3, 0.4) is 0 Å². The van der Waals surface area contributed by atoms with Gasteiger partial charge in [0, 0.05) is 30.5 Å². The predicted molar refractivity (Wildman–Crippen MR) is 70.5 cm³/mol. The third-order valence-corrected chi connectivity index (χ3v) is 3.21. The van der Waals surface area contributed by atoms with Gasteiger partial charge < -0.3 is 10.3 Å². The number of fused-ring (bicyclic) bond motifs is 1. The first-order valence-electron chi connectivity index (χ1n) is 6.20. The van der Waals surface area contributed by atoms with Gasteiger partial charge in [0.1, 0.15) is 0 Å². The van der Waals surface area contributed by atoms with Gasteiger partial charge >= 0.3 is 0 Å². The lowest BCUT2D eigenvalue weighted by Gasteiger charge is -2.22. The van der Waals surface area contributed by atoms with E-state index in [4.69, 9.17) is 0 Å². The number of aromatic nitrogens is 3. The SMILES string of the molecule is Cc1cc(NC(=O)C2Cc3nc[nH]c3CN2)ccn1. The van der Waals surface area contributed by atoms with Crippen molar-refractivity contribution in [3.05, 3.63) is 41.7 Å². The van der Waals surface area contributed by atoms with Crippen LogP contribution >= 0.6 is 0 Å². The lowest BCUT2D eigenvalue weighted by atomic mass is 10.0. The van der Waals surface area contributed by atoms with Crippen LogP contribution in [0.5, 0.6) is 0 Å². The van der Waals surface area contributed by atoms with Crippen molar-refractivity contribution in [1.82, 2.24) is 20.3 Å². The highest BCUT2D eigenvalue weighted by molar-refractivity contribution is 5.95. The van der Waals surface area contributed by atoms with Crippen LogP contribution in [0.2, 0.25) is 0 Å². The number of aromatic amines is 1. The van der Waals surface area contributed by atoms with Crippen LogP contribution in [0.1, 0.15) is 17.1 Å². The number of aryl methyl sites for hydroxylation is 1. The summed E-state index contributed by atoms with van der Waals surface area (Å²) < 4.78 is 0. The van der Waals surface area contributed by atoms with Gasteiger partial charge in [-0.2, -0.15) is 0 Å². The molecule has 0 aliphatic carbocycles. The standard InChI is InChI=1S/C13H15N5O/c1-8-4-9(2-3-14-8)18-13(19)11-5-10-12(6-15-11)17-7-16-10/h2-4,7,11,15H,5-6H2,1H3,(H,16,17)(H,14,18,19). The first kappa shape index (κ1) is 11.9. The molecule has 1 unspecified atom stereocenters. The van der Waals surface area contributed by atoms with E-state index in [0.717, 1.165) is 22.8 Å². The van der Waals surface area contributed by atoms with Gasteiger partial charge in [0.25, 0.3) is 0 Å². The second kappa shape index (κ2) is 4.81. The normalized spacial score (nSPS) is 17.8. The van der Waals surface area contributed by atoms with E-state index in [1.54, 1.807) is 18.6 Å². The summed E-state index contributed by atoms with van der Waals surface area (Å²) in [6.45, 7) is 2.54. The third kappa shape index (κ3) is 2.48. The topological polar surface area (TPSA) is 82.7 Å². The number of imidazole rings is 1. The molecule has 6 nitrogen and oxygen atoms in total. The summed E-state index contributed by atoms with van der Waals surface area (Å²) >= 11 is 0. The second-order valence-corrected chi connectivity index (χ2v) is 4.64. The van der Waals surface area contributed by atoms with Gasteiger partial charge in [-0.15, -0.1) is 0 Å². The molecule has 2 aromatic rings. The number of hydrogen-bond acceptors (Lipinski definition) is 4. The highest BCUT2D eigenvalue weighted by atomic mass is 16.2. The zero-order chi connectivity index (χ0) is 13.2. The Hall–Kier alpha value is -2.21. The molecule has 0 spiro atoms. The largest absolute Gasteiger partial charge is 0.347 e. The van der Waals surface area contributed by atoms with Gasteiger partial charge in [-0.05, 0) is 19.1 Å². The van der Waals surface area contributed by atoms with Crippen molar-refractivity contribution in [1.29, 1.82) is 0 Å². The van der Waals surface area contributed by atoms with E-state index < -0.39 is 0 Å². The van der Waals surface area contributed by atoms with E-state index in [9.17, 15) is 4.79 Å². The Labute approximate surface area is 110 Å². The molecule has 0 saturated carbocycles. The fraction of sp³-hybridized carbons (Fsp3) is 0.308. The molecule has 19 heavy (non-hydrogen) atoms. The molecule has 0 bridgehead atoms. The Bertz CT molecular complexity index is 607. The van der Waals surface area contributed by atoms with Gasteiger partial charge in [0.2, 0.25) is 5.91 Å². The molecule has 98 valence electrons. The molecule has 2 aromatic heterocycles. The number of nitrogens with zero attached hydrogens (tertiary/aromatic N) is 2. The van der Waals surface area contributed by atoms with Gasteiger partial charge in [0.05, 0.1) is 23.8 Å². The van der Waals surface area contributed by atoms with E-state index in [1.807, 2.05) is 13.0 Å². The lowest BCUT2D eigenvalue weighted by Crippen LogP contribution is -2.44. The zero-order valence-corrected chi connectivity index (χ0v) is 10.6. The molecule has 6 heteroatoms. The molecule has 1 amide bonds. The number of carbonyl (C=O) groups is 1. The predicted octanol–water partition coefficient (Wildman–Crippen LogP) is 0.766. The van der Waals surface area contributed by atoms with Crippen molar-refractivity contribution < 1.29 is 4.79 Å². The van der Waals surface area contributed by atoms with Gasteiger partial charge in [-0.1, -0.05) is 0 Å². The van der Waals surface area contributed by atoms with Gasteiger partial charge in [-0.25, -0.2) is 4.98 Å².